The number of halogens is 4. The summed E-state index contributed by atoms with van der Waals surface area (Å²) in [6.45, 7) is 3.35. The van der Waals surface area contributed by atoms with Gasteiger partial charge in [-0.3, -0.25) is 4.90 Å². The van der Waals surface area contributed by atoms with E-state index < -0.39 is 18.1 Å². The second kappa shape index (κ2) is 8.50. The average molecular weight is 523 g/mol. The van der Waals surface area contributed by atoms with Crippen LogP contribution in [0.4, 0.5) is 18.9 Å². The van der Waals surface area contributed by atoms with E-state index in [1.165, 1.54) is 23.5 Å². The molecular formula is C25H26ClF3N4OS. The number of nitrogens with one attached hydrogen (secondary N) is 1. The number of aryl methyl sites for hydroxylation is 1. The van der Waals surface area contributed by atoms with Crippen LogP contribution in [0.5, 0.6) is 0 Å². The molecule has 3 aliphatic rings. The number of nitrogens with zero attached hydrogens (tertiary/aromatic N) is 3. The Balaban J connectivity index is 1.19. The van der Waals surface area contributed by atoms with Gasteiger partial charge in [-0.05, 0) is 50.8 Å². The van der Waals surface area contributed by atoms with Crippen molar-refractivity contribution in [3.8, 4) is 5.69 Å². The van der Waals surface area contributed by atoms with E-state index in [2.05, 4.69) is 15.3 Å². The quantitative estimate of drug-likeness (QED) is 0.432. The Morgan fingerprint density at radius 1 is 1.26 bits per heavy atom. The number of hydrogen-bond acceptors (Lipinski definition) is 5. The van der Waals surface area contributed by atoms with Crippen molar-refractivity contribution in [3.63, 3.8) is 0 Å². The van der Waals surface area contributed by atoms with E-state index in [0.717, 1.165) is 29.8 Å². The highest BCUT2D eigenvalue weighted by atomic mass is 35.5. The number of hydrogen-bond donors (Lipinski definition) is 1. The van der Waals surface area contributed by atoms with E-state index in [0.29, 0.717) is 53.4 Å². The van der Waals surface area contributed by atoms with Crippen molar-refractivity contribution in [2.45, 2.75) is 56.7 Å². The molecular weight excluding hydrogens is 497 g/mol. The summed E-state index contributed by atoms with van der Waals surface area (Å²) in [7, 11) is 0. The Morgan fingerprint density at radius 3 is 2.77 bits per heavy atom. The Morgan fingerprint density at radius 2 is 2.03 bits per heavy atom. The van der Waals surface area contributed by atoms with Crippen LogP contribution in [0.1, 0.15) is 47.4 Å². The standard InChI is InChI=1S/C25H26ClF3N4OS/c1-15-16(13-33(31-15)22-19(27)3-2-4-20(22)30-17-5-6-17)12-32-9-7-24(8-10-32)23-18(11-21(26)35-23)25(28,29)14-34-24/h2-4,11,13,17,30H,5-10,12,14H2,1H3. The number of piperidine rings is 1. The third-order valence-electron chi connectivity index (χ3n) is 7.25. The van der Waals surface area contributed by atoms with E-state index >= 15 is 0 Å². The van der Waals surface area contributed by atoms with Gasteiger partial charge < -0.3 is 10.1 Å². The Hall–Kier alpha value is -2.07. The smallest absolute Gasteiger partial charge is 0.297 e. The van der Waals surface area contributed by atoms with Crippen molar-refractivity contribution >= 4 is 28.6 Å². The maximum Gasteiger partial charge on any atom is 0.297 e. The molecule has 5 nitrogen and oxygen atoms in total. The zero-order valence-corrected chi connectivity index (χ0v) is 20.9. The maximum atomic E-state index is 14.8. The Kier molecular flexibility index (Phi) is 5.67. The molecule has 1 saturated carbocycles. The zero-order valence-electron chi connectivity index (χ0n) is 19.3. The van der Waals surface area contributed by atoms with Gasteiger partial charge >= 0.3 is 0 Å². The fourth-order valence-electron chi connectivity index (χ4n) is 5.11. The first-order valence-electron chi connectivity index (χ1n) is 11.9. The molecule has 0 radical (unpaired) electrons. The first-order valence-corrected chi connectivity index (χ1v) is 13.1. The van der Waals surface area contributed by atoms with Gasteiger partial charge in [-0.25, -0.2) is 9.07 Å². The molecule has 0 amide bonds. The highest BCUT2D eigenvalue weighted by Crippen LogP contribution is 2.52. The summed E-state index contributed by atoms with van der Waals surface area (Å²) in [6, 6.07) is 6.83. The van der Waals surface area contributed by atoms with E-state index in [1.54, 1.807) is 10.7 Å². The molecule has 0 atom stereocenters. The topological polar surface area (TPSA) is 42.3 Å². The Bertz CT molecular complexity index is 1260. The fourth-order valence-corrected chi connectivity index (χ4v) is 6.59. The maximum absolute atomic E-state index is 14.8. The summed E-state index contributed by atoms with van der Waals surface area (Å²) in [4.78, 5) is 2.84. The number of aromatic nitrogens is 2. The number of para-hydroxylation sites is 1. The first kappa shape index (κ1) is 23.3. The number of thiophene rings is 1. The molecule has 35 heavy (non-hydrogen) atoms. The van der Waals surface area contributed by atoms with Crippen molar-refractivity contribution in [1.29, 1.82) is 0 Å². The van der Waals surface area contributed by atoms with Gasteiger partial charge in [0.15, 0.2) is 5.82 Å². The zero-order chi connectivity index (χ0) is 24.4. The van der Waals surface area contributed by atoms with Gasteiger partial charge in [-0.15, -0.1) is 11.3 Å². The summed E-state index contributed by atoms with van der Waals surface area (Å²) in [5.41, 5.74) is 2.35. The lowest BCUT2D eigenvalue weighted by Crippen LogP contribution is -2.48. The van der Waals surface area contributed by atoms with Gasteiger partial charge in [0.1, 0.15) is 17.9 Å². The Labute approximate surface area is 210 Å². The molecule has 1 aliphatic carbocycles. The van der Waals surface area contributed by atoms with Gasteiger partial charge in [0.25, 0.3) is 5.92 Å². The molecule has 186 valence electrons. The monoisotopic (exact) mass is 522 g/mol. The summed E-state index contributed by atoms with van der Waals surface area (Å²) in [5.74, 6) is -3.33. The second-order valence-corrected chi connectivity index (χ2v) is 11.5. The third-order valence-corrected chi connectivity index (χ3v) is 8.70. The first-order chi connectivity index (χ1) is 16.7. The molecule has 1 saturated heterocycles. The minimum absolute atomic E-state index is 0.0184. The van der Waals surface area contributed by atoms with Gasteiger partial charge in [0.05, 0.1) is 15.7 Å². The van der Waals surface area contributed by atoms with Crippen molar-refractivity contribution < 1.29 is 17.9 Å². The van der Waals surface area contributed by atoms with Crippen LogP contribution in [0.2, 0.25) is 4.34 Å². The number of anilines is 1. The van der Waals surface area contributed by atoms with Gasteiger partial charge in [0.2, 0.25) is 0 Å². The SMILES string of the molecule is Cc1nn(-c2c(F)cccc2NC2CC2)cc1CN1CCC2(CC1)OCC(F)(F)c1cc(Cl)sc12. The van der Waals surface area contributed by atoms with Crippen molar-refractivity contribution in [2.24, 2.45) is 0 Å². The molecule has 3 aromatic rings. The van der Waals surface area contributed by atoms with Crippen molar-refractivity contribution in [1.82, 2.24) is 14.7 Å². The molecule has 0 unspecified atom stereocenters. The van der Waals surface area contributed by atoms with E-state index in [9.17, 15) is 13.2 Å². The molecule has 0 bridgehead atoms. The molecule has 4 heterocycles. The summed E-state index contributed by atoms with van der Waals surface area (Å²) in [6.07, 6.45) is 5.31. The number of likely N-dealkylation sites (tertiary alicyclic amines) is 1. The van der Waals surface area contributed by atoms with Crippen molar-refractivity contribution in [3.05, 3.63) is 62.3 Å². The van der Waals surface area contributed by atoms with Gasteiger partial charge in [0, 0.05) is 47.9 Å². The minimum Gasteiger partial charge on any atom is -0.380 e. The number of alkyl halides is 2. The summed E-state index contributed by atoms with van der Waals surface area (Å²) < 4.78 is 51.4. The van der Waals surface area contributed by atoms with Gasteiger partial charge in [-0.1, -0.05) is 17.7 Å². The number of ether oxygens (including phenoxy) is 1. The average Bonchev–Trinajstić information content (AvgIpc) is 3.42. The molecule has 2 fully saturated rings. The third kappa shape index (κ3) is 4.26. The number of fused-ring (bicyclic) bond motifs is 2. The molecule has 6 rings (SSSR count). The van der Waals surface area contributed by atoms with Crippen LogP contribution in [0, 0.1) is 12.7 Å². The van der Waals surface area contributed by atoms with Crippen LogP contribution in [-0.4, -0.2) is 40.4 Å². The van der Waals surface area contributed by atoms with Crippen LogP contribution in [0.25, 0.3) is 5.69 Å². The van der Waals surface area contributed by atoms with Crippen LogP contribution in [0.3, 0.4) is 0 Å². The van der Waals surface area contributed by atoms with Crippen LogP contribution >= 0.6 is 22.9 Å². The fraction of sp³-hybridized carbons (Fsp3) is 0.480. The normalized spacial score (nSPS) is 21.3. The molecule has 10 heteroatoms. The summed E-state index contributed by atoms with van der Waals surface area (Å²) >= 11 is 7.32. The summed E-state index contributed by atoms with van der Waals surface area (Å²) in [5, 5.41) is 8.01. The van der Waals surface area contributed by atoms with Crippen LogP contribution in [-0.2, 0) is 22.8 Å². The second-order valence-electron chi connectivity index (χ2n) is 9.80. The molecule has 1 aromatic carbocycles. The molecule has 2 aromatic heterocycles. The van der Waals surface area contributed by atoms with Gasteiger partial charge in [-0.2, -0.15) is 13.9 Å². The highest BCUT2D eigenvalue weighted by Gasteiger charge is 2.51. The number of benzene rings is 1. The predicted molar refractivity (Wildman–Crippen MR) is 130 cm³/mol. The predicted octanol–water partition coefficient (Wildman–Crippen LogP) is 6.22. The molecule has 1 N–H and O–H groups in total. The van der Waals surface area contributed by atoms with E-state index in [4.69, 9.17) is 16.3 Å². The highest BCUT2D eigenvalue weighted by molar-refractivity contribution is 7.16. The van der Waals surface area contributed by atoms with E-state index in [1.807, 2.05) is 19.2 Å². The number of rotatable bonds is 5. The largest absolute Gasteiger partial charge is 0.380 e. The minimum atomic E-state index is -3.01. The van der Waals surface area contributed by atoms with Crippen LogP contribution < -0.4 is 5.32 Å². The van der Waals surface area contributed by atoms with Crippen LogP contribution in [0.15, 0.2) is 30.5 Å². The lowest BCUT2D eigenvalue weighted by molar-refractivity contribution is -0.182. The lowest BCUT2D eigenvalue weighted by atomic mass is 9.84. The van der Waals surface area contributed by atoms with E-state index in [-0.39, 0.29) is 11.4 Å². The molecule has 1 spiro atoms. The van der Waals surface area contributed by atoms with Crippen molar-refractivity contribution in [2.75, 3.05) is 25.0 Å². The lowest BCUT2D eigenvalue weighted by Gasteiger charge is -2.45. The molecule has 2 aliphatic heterocycles.